The number of aryl methyl sites for hydroxylation is 1. The zero-order valence-corrected chi connectivity index (χ0v) is 13.3. The summed E-state index contributed by atoms with van der Waals surface area (Å²) in [6, 6.07) is -0.190. The van der Waals surface area contributed by atoms with Crippen molar-refractivity contribution in [3.63, 3.8) is 0 Å². The minimum Gasteiger partial charge on any atom is -0.338 e. The van der Waals surface area contributed by atoms with Crippen LogP contribution < -0.4 is 5.32 Å². The molecule has 0 aromatic carbocycles. The summed E-state index contributed by atoms with van der Waals surface area (Å²) in [7, 11) is -3.06. The van der Waals surface area contributed by atoms with Gasteiger partial charge in [0.1, 0.15) is 0 Å². The normalized spacial score (nSPS) is 19.3. The molecule has 0 saturated carbocycles. The first kappa shape index (κ1) is 15.2. The van der Waals surface area contributed by atoms with Crippen LogP contribution in [0.15, 0.2) is 6.20 Å². The van der Waals surface area contributed by atoms with Crippen LogP contribution in [0.25, 0.3) is 0 Å². The van der Waals surface area contributed by atoms with Crippen molar-refractivity contribution >= 4 is 27.2 Å². The lowest BCUT2D eigenvalue weighted by atomic mass is 10.4. The average Bonchev–Trinajstić information content (AvgIpc) is 2.97. The van der Waals surface area contributed by atoms with E-state index in [1.165, 1.54) is 6.26 Å². The lowest BCUT2D eigenvalue weighted by molar-refractivity contribution is 0.209. The summed E-state index contributed by atoms with van der Waals surface area (Å²) >= 11 is 1.62. The van der Waals surface area contributed by atoms with E-state index in [4.69, 9.17) is 0 Å². The van der Waals surface area contributed by atoms with Crippen molar-refractivity contribution in [3.05, 3.63) is 16.1 Å². The highest BCUT2D eigenvalue weighted by molar-refractivity contribution is 7.91. The minimum atomic E-state index is -3.06. The predicted octanol–water partition coefficient (Wildman–Crippen LogP) is 0.823. The molecule has 1 saturated heterocycles. The molecule has 2 heterocycles. The van der Waals surface area contributed by atoms with Gasteiger partial charge in [0.15, 0.2) is 9.84 Å². The first-order chi connectivity index (χ1) is 9.36. The number of sulfone groups is 1. The van der Waals surface area contributed by atoms with Gasteiger partial charge in [0.2, 0.25) is 0 Å². The second-order valence-corrected chi connectivity index (χ2v) is 8.68. The maximum absolute atomic E-state index is 11.9. The Morgan fingerprint density at radius 1 is 1.60 bits per heavy atom. The Kier molecular flexibility index (Phi) is 4.64. The van der Waals surface area contributed by atoms with Crippen molar-refractivity contribution in [3.8, 4) is 0 Å². The molecule has 112 valence electrons. The van der Waals surface area contributed by atoms with Crippen molar-refractivity contribution in [2.45, 2.75) is 25.0 Å². The second kappa shape index (κ2) is 6.09. The molecule has 2 amide bonds. The fourth-order valence-electron chi connectivity index (χ4n) is 2.17. The van der Waals surface area contributed by atoms with Gasteiger partial charge in [0.05, 0.1) is 10.3 Å². The number of thiazole rings is 1. The lowest BCUT2D eigenvalue weighted by Gasteiger charge is -2.16. The van der Waals surface area contributed by atoms with Gasteiger partial charge in [0.25, 0.3) is 0 Å². The molecule has 20 heavy (non-hydrogen) atoms. The maximum atomic E-state index is 11.9. The molecule has 0 spiro atoms. The predicted molar refractivity (Wildman–Crippen MR) is 78.8 cm³/mol. The SMILES string of the molecule is Cc1cnc(CCNC(=O)N2CCC(S(C)(=O)=O)C2)s1. The van der Waals surface area contributed by atoms with Crippen LogP contribution in [-0.4, -0.2) is 55.5 Å². The van der Waals surface area contributed by atoms with Crippen LogP contribution in [0.4, 0.5) is 4.79 Å². The highest BCUT2D eigenvalue weighted by Gasteiger charge is 2.32. The third kappa shape index (κ3) is 3.92. The van der Waals surface area contributed by atoms with E-state index < -0.39 is 15.1 Å². The van der Waals surface area contributed by atoms with E-state index in [2.05, 4.69) is 10.3 Å². The second-order valence-electron chi connectivity index (χ2n) is 5.03. The highest BCUT2D eigenvalue weighted by Crippen LogP contribution is 2.16. The number of hydrogen-bond donors (Lipinski definition) is 1. The minimum absolute atomic E-state index is 0.190. The fourth-order valence-corrected chi connectivity index (χ4v) is 3.94. The zero-order valence-electron chi connectivity index (χ0n) is 11.6. The summed E-state index contributed by atoms with van der Waals surface area (Å²) in [6.07, 6.45) is 4.27. The van der Waals surface area contributed by atoms with Crippen LogP contribution in [0.5, 0.6) is 0 Å². The molecule has 1 aromatic heterocycles. The van der Waals surface area contributed by atoms with E-state index in [0.29, 0.717) is 32.5 Å². The van der Waals surface area contributed by atoms with E-state index >= 15 is 0 Å². The monoisotopic (exact) mass is 317 g/mol. The number of rotatable bonds is 4. The topological polar surface area (TPSA) is 79.4 Å². The molecule has 0 radical (unpaired) electrons. The van der Waals surface area contributed by atoms with Gasteiger partial charge in [-0.1, -0.05) is 0 Å². The van der Waals surface area contributed by atoms with Gasteiger partial charge in [-0.15, -0.1) is 11.3 Å². The van der Waals surface area contributed by atoms with Gasteiger partial charge < -0.3 is 10.2 Å². The number of aromatic nitrogens is 1. The molecule has 1 aliphatic rings. The quantitative estimate of drug-likeness (QED) is 0.892. The molecule has 1 aromatic rings. The van der Waals surface area contributed by atoms with Gasteiger partial charge in [-0.25, -0.2) is 18.2 Å². The molecule has 1 fully saturated rings. The number of likely N-dealkylation sites (tertiary alicyclic amines) is 1. The van der Waals surface area contributed by atoms with Crippen LogP contribution >= 0.6 is 11.3 Å². The van der Waals surface area contributed by atoms with Crippen molar-refractivity contribution in [1.82, 2.24) is 15.2 Å². The number of amides is 2. The Balaban J connectivity index is 1.76. The van der Waals surface area contributed by atoms with Crippen molar-refractivity contribution in [2.75, 3.05) is 25.9 Å². The van der Waals surface area contributed by atoms with Crippen molar-refractivity contribution in [1.29, 1.82) is 0 Å². The van der Waals surface area contributed by atoms with Crippen LogP contribution in [-0.2, 0) is 16.3 Å². The van der Waals surface area contributed by atoms with Gasteiger partial charge >= 0.3 is 6.03 Å². The van der Waals surface area contributed by atoms with Gasteiger partial charge in [-0.2, -0.15) is 0 Å². The summed E-state index contributed by atoms with van der Waals surface area (Å²) in [5.74, 6) is 0. The third-order valence-electron chi connectivity index (χ3n) is 3.32. The third-order valence-corrected chi connectivity index (χ3v) is 5.89. The Morgan fingerprint density at radius 3 is 2.90 bits per heavy atom. The van der Waals surface area contributed by atoms with Crippen LogP contribution in [0.3, 0.4) is 0 Å². The van der Waals surface area contributed by atoms with E-state index in [-0.39, 0.29) is 6.03 Å². The summed E-state index contributed by atoms with van der Waals surface area (Å²) in [6.45, 7) is 3.31. The average molecular weight is 317 g/mol. The van der Waals surface area contributed by atoms with Gasteiger partial charge in [-0.05, 0) is 13.3 Å². The molecule has 8 heteroatoms. The molecule has 1 unspecified atom stereocenters. The summed E-state index contributed by atoms with van der Waals surface area (Å²) < 4.78 is 22.9. The van der Waals surface area contributed by atoms with Crippen molar-refractivity contribution in [2.24, 2.45) is 0 Å². The van der Waals surface area contributed by atoms with Crippen molar-refractivity contribution < 1.29 is 13.2 Å². The molecular formula is C12H19N3O3S2. The van der Waals surface area contributed by atoms with Crippen LogP contribution in [0, 0.1) is 6.92 Å². The number of urea groups is 1. The Morgan fingerprint density at radius 2 is 2.35 bits per heavy atom. The Labute approximate surface area is 123 Å². The molecular weight excluding hydrogens is 298 g/mol. The molecule has 1 atom stereocenters. The smallest absolute Gasteiger partial charge is 0.317 e. The molecule has 0 bridgehead atoms. The molecule has 1 aliphatic heterocycles. The first-order valence-corrected chi connectivity index (χ1v) is 9.26. The van der Waals surface area contributed by atoms with E-state index in [1.807, 2.05) is 13.1 Å². The van der Waals surface area contributed by atoms with E-state index in [0.717, 1.165) is 9.88 Å². The Bertz CT molecular complexity index is 583. The number of nitrogens with one attached hydrogen (secondary N) is 1. The lowest BCUT2D eigenvalue weighted by Crippen LogP contribution is -2.40. The highest BCUT2D eigenvalue weighted by atomic mass is 32.2. The summed E-state index contributed by atoms with van der Waals surface area (Å²) in [5, 5.41) is 3.39. The fraction of sp³-hybridized carbons (Fsp3) is 0.667. The van der Waals surface area contributed by atoms with E-state index in [1.54, 1.807) is 16.2 Å². The van der Waals surface area contributed by atoms with Crippen LogP contribution in [0.1, 0.15) is 16.3 Å². The molecule has 2 rings (SSSR count). The summed E-state index contributed by atoms with van der Waals surface area (Å²) in [5.41, 5.74) is 0. The first-order valence-electron chi connectivity index (χ1n) is 6.49. The standard InChI is InChI=1S/C12H19N3O3S2/c1-9-7-14-11(19-9)3-5-13-12(16)15-6-4-10(8-15)20(2,17)18/h7,10H,3-6,8H2,1-2H3,(H,13,16). The zero-order chi connectivity index (χ0) is 14.8. The number of carbonyl (C=O) groups excluding carboxylic acids is 1. The number of hydrogen-bond acceptors (Lipinski definition) is 5. The van der Waals surface area contributed by atoms with E-state index in [9.17, 15) is 13.2 Å². The number of carbonyl (C=O) groups is 1. The molecule has 0 aliphatic carbocycles. The molecule has 6 nitrogen and oxygen atoms in total. The van der Waals surface area contributed by atoms with Crippen LogP contribution in [0.2, 0.25) is 0 Å². The number of nitrogens with zero attached hydrogens (tertiary/aromatic N) is 2. The van der Waals surface area contributed by atoms with Gasteiger partial charge in [0, 0.05) is 43.4 Å². The molecule has 1 N–H and O–H groups in total. The largest absolute Gasteiger partial charge is 0.338 e. The Hall–Kier alpha value is -1.15. The maximum Gasteiger partial charge on any atom is 0.317 e. The van der Waals surface area contributed by atoms with Gasteiger partial charge in [-0.3, -0.25) is 0 Å². The summed E-state index contributed by atoms with van der Waals surface area (Å²) in [4.78, 5) is 18.9.